The summed E-state index contributed by atoms with van der Waals surface area (Å²) >= 11 is 0. The van der Waals surface area contributed by atoms with Crippen LogP contribution >= 0.6 is 0 Å². The van der Waals surface area contributed by atoms with Crippen molar-refractivity contribution < 1.29 is 18.8 Å². The van der Waals surface area contributed by atoms with Crippen LogP contribution < -0.4 is 10.1 Å². The van der Waals surface area contributed by atoms with Crippen LogP contribution in [-0.4, -0.2) is 65.0 Å². The fourth-order valence-corrected chi connectivity index (χ4v) is 4.41. The number of fused-ring (bicyclic) bond motifs is 1. The molecular weight excluding hydrogens is 470 g/mol. The van der Waals surface area contributed by atoms with Gasteiger partial charge in [-0.1, -0.05) is 36.3 Å². The predicted molar refractivity (Wildman–Crippen MR) is 140 cm³/mol. The van der Waals surface area contributed by atoms with E-state index in [0.29, 0.717) is 62.1 Å². The van der Waals surface area contributed by atoms with Gasteiger partial charge < -0.3 is 19.5 Å². The minimum Gasteiger partial charge on any atom is -0.497 e. The van der Waals surface area contributed by atoms with Gasteiger partial charge in [0.05, 0.1) is 24.9 Å². The van der Waals surface area contributed by atoms with Crippen molar-refractivity contribution in [2.75, 3.05) is 38.6 Å². The Morgan fingerprint density at radius 2 is 1.70 bits per heavy atom. The number of nitrogens with one attached hydrogen (secondary N) is 1. The maximum Gasteiger partial charge on any atom is 0.256 e. The van der Waals surface area contributed by atoms with Crippen LogP contribution in [0.25, 0.3) is 22.2 Å². The summed E-state index contributed by atoms with van der Waals surface area (Å²) in [7, 11) is 1.62. The van der Waals surface area contributed by atoms with Crippen molar-refractivity contribution >= 4 is 28.3 Å². The third kappa shape index (κ3) is 5.46. The average molecular weight is 500 g/mol. The molecule has 37 heavy (non-hydrogen) atoms. The summed E-state index contributed by atoms with van der Waals surface area (Å²) in [5.41, 5.74) is 1.91. The molecule has 1 aliphatic rings. The summed E-state index contributed by atoms with van der Waals surface area (Å²) in [6.07, 6.45) is 0.342. The van der Waals surface area contributed by atoms with Gasteiger partial charge in [0.1, 0.15) is 5.75 Å². The molecule has 0 atom stereocenters. The molecule has 3 aromatic carbocycles. The summed E-state index contributed by atoms with van der Waals surface area (Å²) in [6.45, 7) is 4.78. The van der Waals surface area contributed by atoms with Gasteiger partial charge in [0.15, 0.2) is 0 Å². The van der Waals surface area contributed by atoms with Crippen molar-refractivity contribution in [3.8, 4) is 17.1 Å². The van der Waals surface area contributed by atoms with E-state index in [4.69, 9.17) is 9.26 Å². The highest BCUT2D eigenvalue weighted by Gasteiger charge is 2.26. The van der Waals surface area contributed by atoms with Crippen LogP contribution in [0.15, 0.2) is 65.2 Å². The fraction of sp³-hybridized carbons (Fsp3) is 0.286. The van der Waals surface area contributed by atoms with E-state index in [1.54, 1.807) is 14.0 Å². The molecule has 190 valence electrons. The third-order valence-corrected chi connectivity index (χ3v) is 6.55. The van der Waals surface area contributed by atoms with Gasteiger partial charge in [0.25, 0.3) is 5.91 Å². The minimum atomic E-state index is -0.122. The molecule has 4 aromatic rings. The molecule has 0 bridgehead atoms. The van der Waals surface area contributed by atoms with E-state index >= 15 is 0 Å². The zero-order valence-electron chi connectivity index (χ0n) is 20.9. The fourth-order valence-electron chi connectivity index (χ4n) is 4.41. The Bertz CT molecular complexity index is 1410. The number of rotatable bonds is 7. The maximum atomic E-state index is 13.5. The lowest BCUT2D eigenvalue weighted by atomic mass is 10.0. The Balaban J connectivity index is 1.24. The zero-order valence-corrected chi connectivity index (χ0v) is 20.9. The van der Waals surface area contributed by atoms with Gasteiger partial charge >= 0.3 is 0 Å². The average Bonchev–Trinajstić information content (AvgIpc) is 3.41. The second-order valence-corrected chi connectivity index (χ2v) is 8.96. The van der Waals surface area contributed by atoms with Gasteiger partial charge in [-0.3, -0.25) is 14.5 Å². The van der Waals surface area contributed by atoms with E-state index in [9.17, 15) is 9.59 Å². The van der Waals surface area contributed by atoms with Gasteiger partial charge in [0, 0.05) is 38.2 Å². The number of benzene rings is 3. The van der Waals surface area contributed by atoms with E-state index < -0.39 is 0 Å². The molecular formula is C28H29N5O4. The number of anilines is 1. The Kier molecular flexibility index (Phi) is 7.14. The normalized spacial score (nSPS) is 14.1. The van der Waals surface area contributed by atoms with Gasteiger partial charge in [-0.15, -0.1) is 0 Å². The number of carbonyl (C=O) groups excluding carboxylic acids is 2. The van der Waals surface area contributed by atoms with E-state index in [2.05, 4.69) is 20.4 Å². The highest BCUT2D eigenvalue weighted by Crippen LogP contribution is 2.26. The summed E-state index contributed by atoms with van der Waals surface area (Å²) in [5.74, 6) is 1.62. The van der Waals surface area contributed by atoms with Crippen LogP contribution in [0, 0.1) is 0 Å². The number of hydrogen-bond acceptors (Lipinski definition) is 7. The summed E-state index contributed by atoms with van der Waals surface area (Å²) in [6, 6.07) is 19.1. The Morgan fingerprint density at radius 1 is 1.00 bits per heavy atom. The number of methoxy groups -OCH3 is 1. The third-order valence-electron chi connectivity index (χ3n) is 6.55. The second-order valence-electron chi connectivity index (χ2n) is 8.96. The van der Waals surface area contributed by atoms with E-state index in [1.807, 2.05) is 65.6 Å². The summed E-state index contributed by atoms with van der Waals surface area (Å²) in [5, 5.41) is 8.94. The SMILES string of the molecule is CCC(=O)Nc1cc2ccccc2cc1C(=O)N1CCN(Cc2nc(-c3ccc(OC)cc3)no2)CC1. The molecule has 1 aromatic heterocycles. The van der Waals surface area contributed by atoms with Gasteiger partial charge in [0.2, 0.25) is 17.6 Å². The number of amides is 2. The van der Waals surface area contributed by atoms with Crippen molar-refractivity contribution in [3.63, 3.8) is 0 Å². The van der Waals surface area contributed by atoms with Gasteiger partial charge in [-0.2, -0.15) is 4.98 Å². The minimum absolute atomic E-state index is 0.0867. The molecule has 2 heterocycles. The van der Waals surface area contributed by atoms with Crippen LogP contribution in [0.2, 0.25) is 0 Å². The lowest BCUT2D eigenvalue weighted by Crippen LogP contribution is -2.48. The Labute approximate surface area is 215 Å². The van der Waals surface area contributed by atoms with Crippen LogP contribution in [0.3, 0.4) is 0 Å². The topological polar surface area (TPSA) is 101 Å². The molecule has 1 saturated heterocycles. The van der Waals surface area contributed by atoms with Gasteiger partial charge in [-0.25, -0.2) is 0 Å². The van der Waals surface area contributed by atoms with E-state index in [-0.39, 0.29) is 11.8 Å². The first kappa shape index (κ1) is 24.5. The molecule has 0 radical (unpaired) electrons. The maximum absolute atomic E-state index is 13.5. The smallest absolute Gasteiger partial charge is 0.256 e. The highest BCUT2D eigenvalue weighted by molar-refractivity contribution is 6.07. The van der Waals surface area contributed by atoms with Crippen LogP contribution in [-0.2, 0) is 11.3 Å². The largest absolute Gasteiger partial charge is 0.497 e. The predicted octanol–water partition coefficient (Wildman–Crippen LogP) is 4.20. The van der Waals surface area contributed by atoms with Crippen molar-refractivity contribution in [2.24, 2.45) is 0 Å². The lowest BCUT2D eigenvalue weighted by molar-refractivity contribution is -0.115. The molecule has 1 fully saturated rings. The molecule has 2 amide bonds. The van der Waals surface area contributed by atoms with Crippen molar-refractivity contribution in [3.05, 3.63) is 72.1 Å². The molecule has 0 aliphatic carbocycles. The summed E-state index contributed by atoms with van der Waals surface area (Å²) < 4.78 is 10.7. The number of carbonyl (C=O) groups is 2. The Hall–Kier alpha value is -4.24. The van der Waals surface area contributed by atoms with Crippen LogP contribution in [0.4, 0.5) is 5.69 Å². The van der Waals surface area contributed by atoms with Crippen LogP contribution in [0.1, 0.15) is 29.6 Å². The number of aromatic nitrogens is 2. The lowest BCUT2D eigenvalue weighted by Gasteiger charge is -2.34. The standard InChI is InChI=1S/C28H29N5O4/c1-3-25(34)29-24-17-21-7-5-4-6-20(21)16-23(24)28(35)33-14-12-32(13-15-33)18-26-30-27(31-37-26)19-8-10-22(36-2)11-9-19/h4-11,16-17H,3,12-15,18H2,1-2H3,(H,29,34). The number of hydrogen-bond donors (Lipinski definition) is 1. The molecule has 5 rings (SSSR count). The first-order valence-electron chi connectivity index (χ1n) is 12.4. The molecule has 0 saturated carbocycles. The number of nitrogens with zero attached hydrogens (tertiary/aromatic N) is 4. The molecule has 9 heteroatoms. The van der Waals surface area contributed by atoms with Crippen LogP contribution in [0.5, 0.6) is 5.75 Å². The van der Waals surface area contributed by atoms with Gasteiger partial charge in [-0.05, 0) is 47.2 Å². The number of piperazine rings is 1. The monoisotopic (exact) mass is 499 g/mol. The second kappa shape index (κ2) is 10.8. The quantitative estimate of drug-likeness (QED) is 0.407. The van der Waals surface area contributed by atoms with Crippen molar-refractivity contribution in [1.82, 2.24) is 19.9 Å². The van der Waals surface area contributed by atoms with E-state index in [0.717, 1.165) is 22.1 Å². The van der Waals surface area contributed by atoms with Crippen molar-refractivity contribution in [1.29, 1.82) is 0 Å². The molecule has 1 aliphatic heterocycles. The first-order valence-corrected chi connectivity index (χ1v) is 12.4. The molecule has 0 unspecified atom stereocenters. The number of ether oxygens (including phenoxy) is 1. The Morgan fingerprint density at radius 3 is 2.38 bits per heavy atom. The first-order chi connectivity index (χ1) is 18.0. The zero-order chi connectivity index (χ0) is 25.8. The molecule has 9 nitrogen and oxygen atoms in total. The highest BCUT2D eigenvalue weighted by atomic mass is 16.5. The molecule has 1 N–H and O–H groups in total. The summed E-state index contributed by atoms with van der Waals surface area (Å²) in [4.78, 5) is 34.2. The molecule has 0 spiro atoms. The van der Waals surface area contributed by atoms with E-state index in [1.165, 1.54) is 0 Å². The van der Waals surface area contributed by atoms with Crippen molar-refractivity contribution in [2.45, 2.75) is 19.9 Å².